The van der Waals surface area contributed by atoms with Crippen LogP contribution in [-0.4, -0.2) is 64.2 Å². The minimum Gasteiger partial charge on any atom is -0.497 e. The van der Waals surface area contributed by atoms with Gasteiger partial charge in [-0.2, -0.15) is 0 Å². The first-order valence-corrected chi connectivity index (χ1v) is 9.19. The first-order valence-electron chi connectivity index (χ1n) is 9.19. The molecule has 0 saturated carbocycles. The molecule has 3 aliphatic heterocycles. The molecule has 4 atom stereocenters. The Labute approximate surface area is 163 Å². The number of hydrogen-bond donors (Lipinski definition) is 1. The van der Waals surface area contributed by atoms with Crippen LogP contribution in [0.1, 0.15) is 0 Å². The van der Waals surface area contributed by atoms with Crippen molar-refractivity contribution >= 4 is 17.5 Å². The van der Waals surface area contributed by atoms with Crippen molar-refractivity contribution in [3.05, 3.63) is 36.4 Å². The summed E-state index contributed by atoms with van der Waals surface area (Å²) in [6, 6.07) is 7.29. The van der Waals surface area contributed by atoms with Gasteiger partial charge in [-0.3, -0.25) is 9.59 Å². The SMILES string of the molecule is COc1ccc(N2C[C@]34C=C[C@H](O3)[C@@H](C(=O)NCC(OC)OC)[C@@H]4C2=O)cc1. The number of amides is 2. The van der Waals surface area contributed by atoms with E-state index < -0.39 is 29.8 Å². The van der Waals surface area contributed by atoms with Gasteiger partial charge in [0.1, 0.15) is 11.4 Å². The Balaban J connectivity index is 1.54. The second-order valence-electron chi connectivity index (χ2n) is 7.17. The summed E-state index contributed by atoms with van der Waals surface area (Å²) in [6.07, 6.45) is 2.88. The average molecular weight is 388 g/mol. The lowest BCUT2D eigenvalue weighted by Gasteiger charge is -2.24. The van der Waals surface area contributed by atoms with Gasteiger partial charge in [-0.1, -0.05) is 12.2 Å². The van der Waals surface area contributed by atoms with E-state index in [4.69, 9.17) is 18.9 Å². The van der Waals surface area contributed by atoms with Crippen LogP contribution in [0.15, 0.2) is 36.4 Å². The molecule has 2 saturated heterocycles. The molecule has 4 rings (SSSR count). The first kappa shape index (κ1) is 18.9. The smallest absolute Gasteiger partial charge is 0.234 e. The van der Waals surface area contributed by atoms with E-state index in [-0.39, 0.29) is 18.4 Å². The van der Waals surface area contributed by atoms with Crippen LogP contribution >= 0.6 is 0 Å². The number of rotatable bonds is 7. The molecule has 2 fully saturated rings. The average Bonchev–Trinajstić information content (AvgIpc) is 3.37. The fourth-order valence-corrected chi connectivity index (χ4v) is 4.34. The zero-order valence-electron chi connectivity index (χ0n) is 16.1. The summed E-state index contributed by atoms with van der Waals surface area (Å²) in [5, 5.41) is 2.82. The minimum absolute atomic E-state index is 0.104. The lowest BCUT2D eigenvalue weighted by Crippen LogP contribution is -2.46. The quantitative estimate of drug-likeness (QED) is 0.547. The van der Waals surface area contributed by atoms with Gasteiger partial charge in [0.15, 0.2) is 6.29 Å². The molecule has 1 spiro atoms. The molecule has 3 aliphatic rings. The lowest BCUT2D eigenvalue weighted by atomic mass is 9.77. The van der Waals surface area contributed by atoms with Crippen LogP contribution in [0.3, 0.4) is 0 Å². The molecule has 2 bridgehead atoms. The summed E-state index contributed by atoms with van der Waals surface area (Å²) >= 11 is 0. The number of hydrogen-bond acceptors (Lipinski definition) is 6. The normalized spacial score (nSPS) is 30.2. The summed E-state index contributed by atoms with van der Waals surface area (Å²) in [5.74, 6) is -0.741. The Kier molecular flexibility index (Phi) is 4.86. The molecule has 28 heavy (non-hydrogen) atoms. The summed E-state index contributed by atoms with van der Waals surface area (Å²) in [6.45, 7) is 0.591. The molecule has 8 nitrogen and oxygen atoms in total. The topological polar surface area (TPSA) is 86.3 Å². The number of nitrogens with one attached hydrogen (secondary N) is 1. The van der Waals surface area contributed by atoms with Gasteiger partial charge in [-0.05, 0) is 24.3 Å². The molecule has 3 heterocycles. The molecular formula is C20H24N2O6. The largest absolute Gasteiger partial charge is 0.497 e. The Morgan fingerprint density at radius 2 is 2.00 bits per heavy atom. The Morgan fingerprint density at radius 3 is 2.64 bits per heavy atom. The number of nitrogens with zero attached hydrogens (tertiary/aromatic N) is 1. The highest BCUT2D eigenvalue weighted by atomic mass is 16.7. The number of carbonyl (C=O) groups excluding carboxylic acids is 2. The lowest BCUT2D eigenvalue weighted by molar-refractivity contribution is -0.135. The van der Waals surface area contributed by atoms with Gasteiger partial charge < -0.3 is 29.2 Å². The van der Waals surface area contributed by atoms with E-state index in [1.54, 1.807) is 12.0 Å². The second kappa shape index (κ2) is 7.20. The number of benzene rings is 1. The van der Waals surface area contributed by atoms with Crippen LogP contribution in [0.5, 0.6) is 5.75 Å². The van der Waals surface area contributed by atoms with Crippen LogP contribution in [0, 0.1) is 11.8 Å². The van der Waals surface area contributed by atoms with Crippen molar-refractivity contribution in [1.29, 1.82) is 0 Å². The van der Waals surface area contributed by atoms with E-state index in [1.807, 2.05) is 36.4 Å². The number of anilines is 1. The van der Waals surface area contributed by atoms with Crippen LogP contribution in [0.2, 0.25) is 0 Å². The van der Waals surface area contributed by atoms with Gasteiger partial charge in [-0.25, -0.2) is 0 Å². The van der Waals surface area contributed by atoms with Crippen LogP contribution in [0.4, 0.5) is 5.69 Å². The van der Waals surface area contributed by atoms with Gasteiger partial charge in [0, 0.05) is 19.9 Å². The van der Waals surface area contributed by atoms with Gasteiger partial charge in [0.05, 0.1) is 38.1 Å². The van der Waals surface area contributed by atoms with Crippen molar-refractivity contribution in [2.45, 2.75) is 18.0 Å². The molecular weight excluding hydrogens is 364 g/mol. The predicted octanol–water partition coefficient (Wildman–Crippen LogP) is 0.717. The molecule has 8 heteroatoms. The van der Waals surface area contributed by atoms with E-state index in [0.717, 1.165) is 5.69 Å². The zero-order valence-corrected chi connectivity index (χ0v) is 16.1. The molecule has 0 unspecified atom stereocenters. The van der Waals surface area contributed by atoms with Crippen molar-refractivity contribution in [3.63, 3.8) is 0 Å². The molecule has 1 N–H and O–H groups in total. The summed E-state index contributed by atoms with van der Waals surface area (Å²) in [5.41, 5.74) is -0.000915. The van der Waals surface area contributed by atoms with E-state index in [0.29, 0.717) is 12.3 Å². The van der Waals surface area contributed by atoms with E-state index in [2.05, 4.69) is 5.32 Å². The van der Waals surface area contributed by atoms with Crippen molar-refractivity contribution in [2.75, 3.05) is 39.3 Å². The molecule has 150 valence electrons. The number of ether oxygens (including phenoxy) is 4. The van der Waals surface area contributed by atoms with Gasteiger partial charge >= 0.3 is 0 Å². The number of methoxy groups -OCH3 is 3. The maximum atomic E-state index is 13.2. The highest BCUT2D eigenvalue weighted by Crippen LogP contribution is 2.52. The van der Waals surface area contributed by atoms with Gasteiger partial charge in [-0.15, -0.1) is 0 Å². The second-order valence-corrected chi connectivity index (χ2v) is 7.17. The third-order valence-corrected chi connectivity index (χ3v) is 5.76. The standard InChI is InChI=1S/C20H24N2O6/c1-25-13-6-4-12(5-7-13)22-11-20-9-8-14(28-20)16(17(20)19(22)24)18(23)21-10-15(26-2)27-3/h4-9,14-17H,10-11H2,1-3H3,(H,21,23)/t14-,16+,17+,20-/m0/s1. The van der Waals surface area contributed by atoms with Crippen molar-refractivity contribution in [3.8, 4) is 5.75 Å². The predicted molar refractivity (Wildman–Crippen MR) is 99.9 cm³/mol. The zero-order chi connectivity index (χ0) is 19.9. The molecule has 1 aromatic carbocycles. The highest BCUT2D eigenvalue weighted by Gasteiger charge is 2.67. The van der Waals surface area contributed by atoms with E-state index in [9.17, 15) is 9.59 Å². The Hall–Kier alpha value is -2.42. The minimum atomic E-state index is -0.758. The Bertz CT molecular complexity index is 790. The summed E-state index contributed by atoms with van der Waals surface area (Å²) < 4.78 is 21.5. The molecule has 0 radical (unpaired) electrons. The number of carbonyl (C=O) groups is 2. The van der Waals surface area contributed by atoms with Crippen LogP contribution < -0.4 is 15.0 Å². The van der Waals surface area contributed by atoms with Crippen molar-refractivity contribution in [1.82, 2.24) is 5.32 Å². The van der Waals surface area contributed by atoms with Gasteiger partial charge in [0.25, 0.3) is 0 Å². The monoisotopic (exact) mass is 388 g/mol. The maximum Gasteiger partial charge on any atom is 0.234 e. The molecule has 1 aromatic rings. The van der Waals surface area contributed by atoms with Crippen LogP contribution in [-0.2, 0) is 23.8 Å². The summed E-state index contributed by atoms with van der Waals surface area (Å²) in [4.78, 5) is 27.8. The third kappa shape index (κ3) is 2.88. The van der Waals surface area contributed by atoms with E-state index in [1.165, 1.54) is 14.2 Å². The van der Waals surface area contributed by atoms with Crippen molar-refractivity contribution in [2.24, 2.45) is 11.8 Å². The Morgan fingerprint density at radius 1 is 1.29 bits per heavy atom. The fraction of sp³-hybridized carbons (Fsp3) is 0.500. The van der Waals surface area contributed by atoms with E-state index >= 15 is 0 Å². The molecule has 0 aromatic heterocycles. The third-order valence-electron chi connectivity index (χ3n) is 5.76. The number of fused-ring (bicyclic) bond motifs is 1. The summed E-state index contributed by atoms with van der Waals surface area (Å²) in [7, 11) is 4.61. The molecule has 0 aliphatic carbocycles. The highest BCUT2D eigenvalue weighted by molar-refractivity contribution is 6.03. The molecule has 2 amide bonds. The first-order chi connectivity index (χ1) is 13.5. The maximum absolute atomic E-state index is 13.2. The van der Waals surface area contributed by atoms with Gasteiger partial charge in [0.2, 0.25) is 11.8 Å². The van der Waals surface area contributed by atoms with Crippen LogP contribution in [0.25, 0.3) is 0 Å². The fourth-order valence-electron chi connectivity index (χ4n) is 4.34. The van der Waals surface area contributed by atoms with Crippen molar-refractivity contribution < 1.29 is 28.5 Å².